The molecule has 3 N–H and O–H groups in total. The summed E-state index contributed by atoms with van der Waals surface area (Å²) >= 11 is 10.9. The summed E-state index contributed by atoms with van der Waals surface area (Å²) in [6.45, 7) is 0. The molecule has 0 atom stereocenters. The molecule has 136 valence electrons. The molecule has 26 heavy (non-hydrogen) atoms. The molecule has 7 nitrogen and oxygen atoms in total. The van der Waals surface area contributed by atoms with Gasteiger partial charge in [-0.3, -0.25) is 10.1 Å². The average molecular weight is 395 g/mol. The molecule has 2 rings (SSSR count). The first-order chi connectivity index (χ1) is 12.3. The molecule has 0 aliphatic carbocycles. The van der Waals surface area contributed by atoms with Crippen molar-refractivity contribution in [2.24, 2.45) is 0 Å². The number of methoxy groups -OCH3 is 2. The monoisotopic (exact) mass is 394 g/mol. The Kier molecular flexibility index (Phi) is 6.37. The molecule has 2 aromatic rings. The maximum absolute atomic E-state index is 12.3. The molecule has 0 saturated carbocycles. The second-order valence-electron chi connectivity index (χ2n) is 4.98. The molecule has 0 saturated heterocycles. The number of hydrogen-bond acceptors (Lipinski definition) is 5. The quantitative estimate of drug-likeness (QED) is 0.670. The zero-order chi connectivity index (χ0) is 19.3. The number of amides is 1. The molecule has 0 aromatic heterocycles. The van der Waals surface area contributed by atoms with Crippen molar-refractivity contribution >= 4 is 46.5 Å². The standard InChI is InChI=1S/C17H15ClN2O5S/c1-24-13-6-3-9(7-14(13)25-2)15(21)20-17(26)19-10-4-5-12(18)11(8-10)16(22)23/h3-8H,1-2H3,(H,22,23)(H2,19,20,21,26). The highest BCUT2D eigenvalue weighted by atomic mass is 35.5. The molecule has 0 fully saturated rings. The van der Waals surface area contributed by atoms with Gasteiger partial charge in [0.15, 0.2) is 16.6 Å². The van der Waals surface area contributed by atoms with Crippen molar-refractivity contribution in [2.45, 2.75) is 0 Å². The van der Waals surface area contributed by atoms with E-state index in [1.54, 1.807) is 18.2 Å². The number of halogens is 1. The van der Waals surface area contributed by atoms with Crippen LogP contribution in [0.2, 0.25) is 5.02 Å². The number of nitrogens with one attached hydrogen (secondary N) is 2. The number of thiocarbonyl (C=S) groups is 1. The molecule has 0 radical (unpaired) electrons. The van der Waals surface area contributed by atoms with Crippen LogP contribution in [0.15, 0.2) is 36.4 Å². The number of anilines is 1. The summed E-state index contributed by atoms with van der Waals surface area (Å²) in [5, 5.41) is 14.4. The Balaban J connectivity index is 2.09. The zero-order valence-corrected chi connectivity index (χ0v) is 15.4. The molecule has 0 heterocycles. The van der Waals surface area contributed by atoms with E-state index in [0.717, 1.165) is 0 Å². The number of hydrogen-bond donors (Lipinski definition) is 3. The number of carbonyl (C=O) groups excluding carboxylic acids is 1. The van der Waals surface area contributed by atoms with Gasteiger partial charge in [-0.1, -0.05) is 11.6 Å². The number of carbonyl (C=O) groups is 2. The van der Waals surface area contributed by atoms with Crippen LogP contribution in [0.5, 0.6) is 11.5 Å². The Morgan fingerprint density at radius 2 is 1.77 bits per heavy atom. The van der Waals surface area contributed by atoms with Crippen LogP contribution in [-0.4, -0.2) is 36.3 Å². The Morgan fingerprint density at radius 1 is 1.08 bits per heavy atom. The van der Waals surface area contributed by atoms with Gasteiger partial charge in [0.1, 0.15) is 0 Å². The molecule has 0 aliphatic rings. The minimum atomic E-state index is -1.17. The average Bonchev–Trinajstić information content (AvgIpc) is 2.62. The molecule has 1 amide bonds. The van der Waals surface area contributed by atoms with Gasteiger partial charge in [-0.05, 0) is 48.6 Å². The van der Waals surface area contributed by atoms with E-state index in [-0.39, 0.29) is 15.7 Å². The van der Waals surface area contributed by atoms with E-state index in [1.807, 2.05) is 0 Å². The van der Waals surface area contributed by atoms with Crippen molar-refractivity contribution in [3.8, 4) is 11.5 Å². The van der Waals surface area contributed by atoms with Gasteiger partial charge in [0.25, 0.3) is 5.91 Å². The summed E-state index contributed by atoms with van der Waals surface area (Å²) in [6, 6.07) is 8.96. The Morgan fingerprint density at radius 3 is 2.38 bits per heavy atom. The molecular weight excluding hydrogens is 380 g/mol. The van der Waals surface area contributed by atoms with Crippen LogP contribution in [0.3, 0.4) is 0 Å². The Labute approximate surface area is 159 Å². The Hall–Kier alpha value is -2.84. The molecular formula is C17H15ClN2O5S. The van der Waals surface area contributed by atoms with Gasteiger partial charge >= 0.3 is 5.97 Å². The molecule has 0 unspecified atom stereocenters. The fraction of sp³-hybridized carbons (Fsp3) is 0.118. The number of ether oxygens (including phenoxy) is 2. The zero-order valence-electron chi connectivity index (χ0n) is 13.8. The first kappa shape index (κ1) is 19.5. The number of carboxylic acids is 1. The summed E-state index contributed by atoms with van der Waals surface area (Å²) in [6.07, 6.45) is 0. The van der Waals surface area contributed by atoms with Crippen molar-refractivity contribution in [2.75, 3.05) is 19.5 Å². The summed E-state index contributed by atoms with van der Waals surface area (Å²) in [7, 11) is 2.96. The summed E-state index contributed by atoms with van der Waals surface area (Å²) in [5.41, 5.74) is 0.615. The van der Waals surface area contributed by atoms with E-state index < -0.39 is 11.9 Å². The topological polar surface area (TPSA) is 96.9 Å². The minimum Gasteiger partial charge on any atom is -0.493 e. The van der Waals surface area contributed by atoms with Crippen LogP contribution in [0.1, 0.15) is 20.7 Å². The number of aromatic carboxylic acids is 1. The summed E-state index contributed by atoms with van der Waals surface area (Å²) < 4.78 is 10.3. The van der Waals surface area contributed by atoms with Crippen LogP contribution in [0, 0.1) is 0 Å². The molecule has 0 spiro atoms. The third-order valence-electron chi connectivity index (χ3n) is 3.33. The smallest absolute Gasteiger partial charge is 0.337 e. The second kappa shape index (κ2) is 8.50. The number of rotatable bonds is 5. The van der Waals surface area contributed by atoms with Crippen molar-refractivity contribution in [3.63, 3.8) is 0 Å². The van der Waals surface area contributed by atoms with Crippen LogP contribution < -0.4 is 20.1 Å². The fourth-order valence-corrected chi connectivity index (χ4v) is 2.49. The van der Waals surface area contributed by atoms with Gasteiger partial charge < -0.3 is 19.9 Å². The Bertz CT molecular complexity index is 872. The van der Waals surface area contributed by atoms with Crippen molar-refractivity contribution in [1.29, 1.82) is 0 Å². The van der Waals surface area contributed by atoms with E-state index >= 15 is 0 Å². The summed E-state index contributed by atoms with van der Waals surface area (Å²) in [5.74, 6) is -0.732. The van der Waals surface area contributed by atoms with E-state index in [2.05, 4.69) is 10.6 Å². The van der Waals surface area contributed by atoms with Gasteiger partial charge in [0, 0.05) is 11.3 Å². The van der Waals surface area contributed by atoms with Crippen molar-refractivity contribution in [3.05, 3.63) is 52.5 Å². The van der Waals surface area contributed by atoms with Gasteiger partial charge in [-0.2, -0.15) is 0 Å². The first-order valence-corrected chi connectivity index (χ1v) is 8.01. The predicted molar refractivity (Wildman–Crippen MR) is 102 cm³/mol. The lowest BCUT2D eigenvalue weighted by atomic mass is 10.2. The minimum absolute atomic E-state index is 0.00319. The highest BCUT2D eigenvalue weighted by Crippen LogP contribution is 2.27. The number of benzene rings is 2. The normalized spacial score (nSPS) is 9.96. The molecule has 0 aliphatic heterocycles. The van der Waals surface area contributed by atoms with E-state index in [1.165, 1.54) is 32.4 Å². The van der Waals surface area contributed by atoms with Crippen molar-refractivity contribution in [1.82, 2.24) is 5.32 Å². The second-order valence-corrected chi connectivity index (χ2v) is 5.79. The maximum Gasteiger partial charge on any atom is 0.337 e. The van der Waals surface area contributed by atoms with Gasteiger partial charge in [0.05, 0.1) is 24.8 Å². The first-order valence-electron chi connectivity index (χ1n) is 7.23. The fourth-order valence-electron chi connectivity index (χ4n) is 2.08. The third kappa shape index (κ3) is 4.62. The molecule has 0 bridgehead atoms. The van der Waals surface area contributed by atoms with E-state index in [4.69, 9.17) is 38.4 Å². The SMILES string of the molecule is COc1ccc(C(=O)NC(=S)Nc2ccc(Cl)c(C(=O)O)c2)cc1OC. The van der Waals surface area contributed by atoms with Crippen LogP contribution >= 0.6 is 23.8 Å². The van der Waals surface area contributed by atoms with E-state index in [9.17, 15) is 9.59 Å². The summed E-state index contributed by atoms with van der Waals surface area (Å²) in [4.78, 5) is 23.4. The lowest BCUT2D eigenvalue weighted by Crippen LogP contribution is -2.34. The third-order valence-corrected chi connectivity index (χ3v) is 3.86. The largest absolute Gasteiger partial charge is 0.493 e. The van der Waals surface area contributed by atoms with Gasteiger partial charge in [-0.15, -0.1) is 0 Å². The number of carboxylic acid groups (broad SMARTS) is 1. The molecule has 2 aromatic carbocycles. The van der Waals surface area contributed by atoms with Crippen LogP contribution in [0.4, 0.5) is 5.69 Å². The van der Waals surface area contributed by atoms with Gasteiger partial charge in [-0.25, -0.2) is 4.79 Å². The van der Waals surface area contributed by atoms with Crippen molar-refractivity contribution < 1.29 is 24.2 Å². The molecule has 9 heteroatoms. The lowest BCUT2D eigenvalue weighted by Gasteiger charge is -2.12. The highest BCUT2D eigenvalue weighted by Gasteiger charge is 2.13. The van der Waals surface area contributed by atoms with E-state index in [0.29, 0.717) is 22.7 Å². The van der Waals surface area contributed by atoms with Gasteiger partial charge in [0.2, 0.25) is 0 Å². The van der Waals surface area contributed by atoms with Crippen LogP contribution in [-0.2, 0) is 0 Å². The predicted octanol–water partition coefficient (Wildman–Crippen LogP) is 3.18. The van der Waals surface area contributed by atoms with Crippen LogP contribution in [0.25, 0.3) is 0 Å². The maximum atomic E-state index is 12.3. The lowest BCUT2D eigenvalue weighted by molar-refractivity contribution is 0.0697. The highest BCUT2D eigenvalue weighted by molar-refractivity contribution is 7.80.